The molecule has 2 heterocycles. The van der Waals surface area contributed by atoms with E-state index in [0.717, 1.165) is 28.5 Å². The van der Waals surface area contributed by atoms with Crippen LogP contribution in [0.2, 0.25) is 0 Å². The molecule has 110 valence electrons. The van der Waals surface area contributed by atoms with E-state index in [1.54, 1.807) is 0 Å². The zero-order valence-electron chi connectivity index (χ0n) is 13.4. The molecule has 0 saturated carbocycles. The van der Waals surface area contributed by atoms with Gasteiger partial charge in [-0.3, -0.25) is 4.98 Å². The predicted octanol–water partition coefficient (Wildman–Crippen LogP) is 3.10. The third-order valence-electron chi connectivity index (χ3n) is 4.66. The van der Waals surface area contributed by atoms with Gasteiger partial charge in [-0.05, 0) is 57.1 Å². The van der Waals surface area contributed by atoms with Crippen LogP contribution < -0.4 is 5.46 Å². The molecular weight excluding hydrogens is 261 g/mol. The van der Waals surface area contributed by atoms with Crippen molar-refractivity contribution in [1.29, 1.82) is 0 Å². The maximum absolute atomic E-state index is 6.10. The van der Waals surface area contributed by atoms with Crippen molar-refractivity contribution in [2.75, 3.05) is 0 Å². The molecule has 0 amide bonds. The monoisotopic (exact) mass is 283 g/mol. The molecule has 21 heavy (non-hydrogen) atoms. The summed E-state index contributed by atoms with van der Waals surface area (Å²) in [6.45, 7) is 10.4. The molecule has 0 radical (unpaired) electrons. The minimum Gasteiger partial charge on any atom is -0.399 e. The summed E-state index contributed by atoms with van der Waals surface area (Å²) in [4.78, 5) is 4.64. The second-order valence-corrected chi connectivity index (χ2v) is 6.70. The van der Waals surface area contributed by atoms with E-state index < -0.39 is 0 Å². The Labute approximate surface area is 126 Å². The smallest absolute Gasteiger partial charge is 0.399 e. The van der Waals surface area contributed by atoms with Crippen LogP contribution in [0.3, 0.4) is 0 Å². The SMILES string of the molecule is CCc1ccc2cc(B3OC(C)(C)C(C)(C)O3)ccc2n1. The van der Waals surface area contributed by atoms with Gasteiger partial charge in [0.25, 0.3) is 0 Å². The van der Waals surface area contributed by atoms with Crippen molar-refractivity contribution in [3.63, 3.8) is 0 Å². The second kappa shape index (κ2) is 4.82. The Bertz CT molecular complexity index is 666. The van der Waals surface area contributed by atoms with E-state index in [1.165, 1.54) is 0 Å². The molecule has 1 aromatic heterocycles. The summed E-state index contributed by atoms with van der Waals surface area (Å²) in [6, 6.07) is 10.4. The Hall–Kier alpha value is -1.39. The lowest BCUT2D eigenvalue weighted by atomic mass is 9.78. The molecule has 1 saturated heterocycles. The molecule has 3 nitrogen and oxygen atoms in total. The van der Waals surface area contributed by atoms with Gasteiger partial charge in [-0.1, -0.05) is 25.1 Å². The lowest BCUT2D eigenvalue weighted by Crippen LogP contribution is -2.41. The standard InChI is InChI=1S/C17H22BNO2/c1-6-14-9-7-12-11-13(8-10-15(12)19-14)18-20-16(2,3)17(4,5)21-18/h7-11H,6H2,1-5H3. The van der Waals surface area contributed by atoms with Crippen LogP contribution in [0.1, 0.15) is 40.3 Å². The van der Waals surface area contributed by atoms with Gasteiger partial charge in [-0.2, -0.15) is 0 Å². The molecule has 1 aliphatic rings. The van der Waals surface area contributed by atoms with Gasteiger partial charge < -0.3 is 9.31 Å². The number of hydrogen-bond acceptors (Lipinski definition) is 3. The predicted molar refractivity (Wildman–Crippen MR) is 86.8 cm³/mol. The molecule has 2 aromatic rings. The van der Waals surface area contributed by atoms with Gasteiger partial charge in [-0.15, -0.1) is 0 Å². The Kier molecular flexibility index (Phi) is 3.34. The van der Waals surface area contributed by atoms with Gasteiger partial charge in [0.05, 0.1) is 16.7 Å². The zero-order chi connectivity index (χ0) is 15.3. The molecule has 0 spiro atoms. The van der Waals surface area contributed by atoms with Gasteiger partial charge in [0.1, 0.15) is 0 Å². The number of hydrogen-bond donors (Lipinski definition) is 0. The van der Waals surface area contributed by atoms with E-state index in [1.807, 2.05) is 0 Å². The molecule has 1 fully saturated rings. The van der Waals surface area contributed by atoms with Crippen LogP contribution in [-0.2, 0) is 15.7 Å². The van der Waals surface area contributed by atoms with Crippen molar-refractivity contribution in [1.82, 2.24) is 4.98 Å². The number of aromatic nitrogens is 1. The van der Waals surface area contributed by atoms with Crippen molar-refractivity contribution in [2.24, 2.45) is 0 Å². The summed E-state index contributed by atoms with van der Waals surface area (Å²) < 4.78 is 12.2. The van der Waals surface area contributed by atoms with Crippen molar-refractivity contribution in [3.05, 3.63) is 36.0 Å². The highest BCUT2D eigenvalue weighted by Crippen LogP contribution is 2.36. The van der Waals surface area contributed by atoms with E-state index in [2.05, 4.69) is 69.9 Å². The van der Waals surface area contributed by atoms with E-state index in [-0.39, 0.29) is 18.3 Å². The summed E-state index contributed by atoms with van der Waals surface area (Å²) >= 11 is 0. The van der Waals surface area contributed by atoms with Gasteiger partial charge in [0, 0.05) is 5.69 Å². The van der Waals surface area contributed by atoms with E-state index in [9.17, 15) is 0 Å². The molecule has 0 aliphatic carbocycles. The fraction of sp³-hybridized carbons (Fsp3) is 0.471. The van der Waals surface area contributed by atoms with Crippen LogP contribution in [0.5, 0.6) is 0 Å². The molecule has 0 unspecified atom stereocenters. The molecule has 1 aromatic carbocycles. The second-order valence-electron chi connectivity index (χ2n) is 6.70. The summed E-state index contributed by atoms with van der Waals surface area (Å²) in [6.07, 6.45) is 0.953. The van der Waals surface area contributed by atoms with Gasteiger partial charge in [-0.25, -0.2) is 0 Å². The Balaban J connectivity index is 1.96. The van der Waals surface area contributed by atoms with Crippen molar-refractivity contribution >= 4 is 23.5 Å². The van der Waals surface area contributed by atoms with E-state index in [0.29, 0.717) is 0 Å². The molecule has 3 rings (SSSR count). The lowest BCUT2D eigenvalue weighted by molar-refractivity contribution is 0.00578. The molecule has 1 aliphatic heterocycles. The third-order valence-corrected chi connectivity index (χ3v) is 4.66. The third kappa shape index (κ3) is 2.47. The maximum Gasteiger partial charge on any atom is 0.494 e. The van der Waals surface area contributed by atoms with Crippen LogP contribution >= 0.6 is 0 Å². The minimum atomic E-state index is -0.315. The first-order valence-electron chi connectivity index (χ1n) is 7.57. The number of aryl methyl sites for hydroxylation is 1. The van der Waals surface area contributed by atoms with E-state index >= 15 is 0 Å². The average Bonchev–Trinajstić information content (AvgIpc) is 2.66. The lowest BCUT2D eigenvalue weighted by Gasteiger charge is -2.32. The first-order valence-corrected chi connectivity index (χ1v) is 7.57. The normalized spacial score (nSPS) is 20.1. The van der Waals surface area contributed by atoms with Crippen molar-refractivity contribution in [3.8, 4) is 0 Å². The maximum atomic E-state index is 6.10. The van der Waals surface area contributed by atoms with Crippen LogP contribution in [0.25, 0.3) is 10.9 Å². The van der Waals surface area contributed by atoms with Gasteiger partial charge >= 0.3 is 7.12 Å². The highest BCUT2D eigenvalue weighted by Gasteiger charge is 2.51. The fourth-order valence-electron chi connectivity index (χ4n) is 2.51. The molecular formula is C17H22BNO2. The Morgan fingerprint density at radius 3 is 2.29 bits per heavy atom. The number of benzene rings is 1. The first kappa shape index (κ1) is 14.5. The number of pyridine rings is 1. The quantitative estimate of drug-likeness (QED) is 0.794. The summed E-state index contributed by atoms with van der Waals surface area (Å²) in [7, 11) is -0.315. The fourth-order valence-corrected chi connectivity index (χ4v) is 2.51. The zero-order valence-corrected chi connectivity index (χ0v) is 13.4. The molecule has 0 N–H and O–H groups in total. The largest absolute Gasteiger partial charge is 0.494 e. The van der Waals surface area contributed by atoms with Crippen LogP contribution in [-0.4, -0.2) is 23.3 Å². The Morgan fingerprint density at radius 2 is 1.67 bits per heavy atom. The summed E-state index contributed by atoms with van der Waals surface area (Å²) in [5.41, 5.74) is 2.57. The number of fused-ring (bicyclic) bond motifs is 1. The van der Waals surface area contributed by atoms with Gasteiger partial charge in [0.15, 0.2) is 0 Å². The number of nitrogens with zero attached hydrogens (tertiary/aromatic N) is 1. The highest BCUT2D eigenvalue weighted by molar-refractivity contribution is 6.62. The van der Waals surface area contributed by atoms with E-state index in [4.69, 9.17) is 9.31 Å². The molecule has 4 heteroatoms. The first-order chi connectivity index (χ1) is 9.82. The Morgan fingerprint density at radius 1 is 1.00 bits per heavy atom. The topological polar surface area (TPSA) is 31.4 Å². The highest BCUT2D eigenvalue weighted by atomic mass is 16.7. The van der Waals surface area contributed by atoms with Crippen LogP contribution in [0.4, 0.5) is 0 Å². The van der Waals surface area contributed by atoms with Crippen LogP contribution in [0, 0.1) is 0 Å². The summed E-state index contributed by atoms with van der Waals surface area (Å²) in [5.74, 6) is 0. The minimum absolute atomic E-state index is 0.309. The van der Waals surface area contributed by atoms with Crippen molar-refractivity contribution in [2.45, 2.75) is 52.2 Å². The van der Waals surface area contributed by atoms with Gasteiger partial charge in [0.2, 0.25) is 0 Å². The molecule has 0 bridgehead atoms. The molecule has 0 atom stereocenters. The number of rotatable bonds is 2. The van der Waals surface area contributed by atoms with Crippen molar-refractivity contribution < 1.29 is 9.31 Å². The van der Waals surface area contributed by atoms with Crippen LogP contribution in [0.15, 0.2) is 30.3 Å². The summed E-state index contributed by atoms with van der Waals surface area (Å²) in [5, 5.41) is 1.12. The average molecular weight is 283 g/mol.